The number of hydrogen-bond donors (Lipinski definition) is 1. The van der Waals surface area contributed by atoms with Crippen LogP contribution in [0.1, 0.15) is 38.1 Å². The zero-order chi connectivity index (χ0) is 15.2. The molecule has 0 saturated heterocycles. The van der Waals surface area contributed by atoms with Crippen LogP contribution in [-0.2, 0) is 6.54 Å². The minimum Gasteiger partial charge on any atom is -0.494 e. The summed E-state index contributed by atoms with van der Waals surface area (Å²) in [6.45, 7) is 8.63. The molecule has 1 atom stereocenters. The highest BCUT2D eigenvalue weighted by molar-refractivity contribution is 9.10. The highest BCUT2D eigenvalue weighted by Gasteiger charge is 2.20. The van der Waals surface area contributed by atoms with Gasteiger partial charge in [-0.2, -0.15) is 5.10 Å². The summed E-state index contributed by atoms with van der Waals surface area (Å²) in [5.74, 6) is 0.902. The highest BCUT2D eigenvalue weighted by Crippen LogP contribution is 2.29. The van der Waals surface area contributed by atoms with Crippen LogP contribution in [0.25, 0.3) is 0 Å². The lowest BCUT2D eigenvalue weighted by molar-refractivity contribution is 0.340. The molecule has 0 bridgehead atoms. The van der Waals surface area contributed by atoms with E-state index in [-0.39, 0.29) is 6.04 Å². The predicted molar refractivity (Wildman–Crippen MR) is 88.7 cm³/mol. The van der Waals surface area contributed by atoms with E-state index in [0.29, 0.717) is 6.61 Å². The van der Waals surface area contributed by atoms with E-state index in [1.165, 1.54) is 5.56 Å². The number of nitrogens with one attached hydrogen (secondary N) is 1. The van der Waals surface area contributed by atoms with Gasteiger partial charge in [0, 0.05) is 6.54 Å². The summed E-state index contributed by atoms with van der Waals surface area (Å²) in [5, 5.41) is 7.95. The Morgan fingerprint density at radius 2 is 1.95 bits per heavy atom. The maximum Gasteiger partial charge on any atom is 0.119 e. The van der Waals surface area contributed by atoms with Crippen molar-refractivity contribution in [2.45, 2.75) is 33.4 Å². The van der Waals surface area contributed by atoms with Crippen molar-refractivity contribution in [1.29, 1.82) is 0 Å². The topological polar surface area (TPSA) is 39.1 Å². The van der Waals surface area contributed by atoms with Crippen molar-refractivity contribution < 1.29 is 4.74 Å². The lowest BCUT2D eigenvalue weighted by Crippen LogP contribution is -2.25. The van der Waals surface area contributed by atoms with Crippen LogP contribution in [0.3, 0.4) is 0 Å². The Labute approximate surface area is 134 Å². The van der Waals surface area contributed by atoms with Gasteiger partial charge in [-0.15, -0.1) is 0 Å². The highest BCUT2D eigenvalue weighted by atomic mass is 79.9. The van der Waals surface area contributed by atoms with Crippen LogP contribution < -0.4 is 10.1 Å². The molecule has 0 amide bonds. The minimum absolute atomic E-state index is 0.113. The first-order chi connectivity index (χ1) is 10.2. The van der Waals surface area contributed by atoms with E-state index in [2.05, 4.69) is 52.3 Å². The maximum absolute atomic E-state index is 5.51. The SMILES string of the molecule is CCNC(c1ccc(OCC)cc1)c1c(Br)cnn1CC. The quantitative estimate of drug-likeness (QED) is 0.825. The van der Waals surface area contributed by atoms with Crippen LogP contribution in [0.2, 0.25) is 0 Å². The number of rotatable bonds is 7. The number of aromatic nitrogens is 2. The standard InChI is InChI=1S/C16H22BrN3O/c1-4-18-15(16-14(17)11-19-20(16)5-2)12-7-9-13(10-8-12)21-6-3/h7-11,15,18H,4-6H2,1-3H3. The molecule has 0 spiro atoms. The molecule has 0 radical (unpaired) electrons. The van der Waals surface area contributed by atoms with Gasteiger partial charge in [0.05, 0.1) is 29.0 Å². The fraction of sp³-hybridized carbons (Fsp3) is 0.438. The van der Waals surface area contributed by atoms with Crippen molar-refractivity contribution in [1.82, 2.24) is 15.1 Å². The van der Waals surface area contributed by atoms with Gasteiger partial charge in [0.25, 0.3) is 0 Å². The second-order valence-electron chi connectivity index (χ2n) is 4.69. The summed E-state index contributed by atoms with van der Waals surface area (Å²) in [7, 11) is 0. The van der Waals surface area contributed by atoms with Crippen LogP contribution in [-0.4, -0.2) is 22.9 Å². The summed E-state index contributed by atoms with van der Waals surface area (Å²) in [6.07, 6.45) is 1.86. The summed E-state index contributed by atoms with van der Waals surface area (Å²) < 4.78 is 8.57. The van der Waals surface area contributed by atoms with Crippen molar-refractivity contribution in [3.63, 3.8) is 0 Å². The number of ether oxygens (including phenoxy) is 1. The van der Waals surface area contributed by atoms with Crippen molar-refractivity contribution in [2.75, 3.05) is 13.2 Å². The van der Waals surface area contributed by atoms with E-state index < -0.39 is 0 Å². The molecule has 0 saturated carbocycles. The van der Waals surface area contributed by atoms with Crippen LogP contribution in [0.5, 0.6) is 5.75 Å². The molecular weight excluding hydrogens is 330 g/mol. The van der Waals surface area contributed by atoms with Gasteiger partial charge in [-0.3, -0.25) is 4.68 Å². The summed E-state index contributed by atoms with van der Waals surface area (Å²) in [4.78, 5) is 0. The monoisotopic (exact) mass is 351 g/mol. The molecule has 114 valence electrons. The van der Waals surface area contributed by atoms with Crippen molar-refractivity contribution in [3.05, 3.63) is 46.2 Å². The van der Waals surface area contributed by atoms with Gasteiger partial charge in [-0.25, -0.2) is 0 Å². The van der Waals surface area contributed by atoms with Crippen molar-refractivity contribution in [2.24, 2.45) is 0 Å². The van der Waals surface area contributed by atoms with Gasteiger partial charge in [0.1, 0.15) is 5.75 Å². The first-order valence-electron chi connectivity index (χ1n) is 7.38. The smallest absolute Gasteiger partial charge is 0.119 e. The Kier molecular flexibility index (Phi) is 5.82. The Balaban J connectivity index is 2.36. The van der Waals surface area contributed by atoms with Gasteiger partial charge in [-0.1, -0.05) is 19.1 Å². The van der Waals surface area contributed by atoms with Crippen molar-refractivity contribution >= 4 is 15.9 Å². The average Bonchev–Trinajstić information content (AvgIpc) is 2.87. The molecule has 4 nitrogen and oxygen atoms in total. The lowest BCUT2D eigenvalue weighted by atomic mass is 10.0. The fourth-order valence-corrected chi connectivity index (χ4v) is 2.94. The van der Waals surface area contributed by atoms with Crippen LogP contribution in [0.15, 0.2) is 34.9 Å². The average molecular weight is 352 g/mol. The maximum atomic E-state index is 5.51. The molecule has 0 aliphatic heterocycles. The van der Waals surface area contributed by atoms with E-state index in [9.17, 15) is 0 Å². The molecule has 1 N–H and O–H groups in total. The minimum atomic E-state index is 0.113. The first kappa shape index (κ1) is 16.0. The van der Waals surface area contributed by atoms with E-state index in [4.69, 9.17) is 4.74 Å². The first-order valence-corrected chi connectivity index (χ1v) is 8.17. The second kappa shape index (κ2) is 7.61. The summed E-state index contributed by atoms with van der Waals surface area (Å²) in [6, 6.07) is 8.37. The summed E-state index contributed by atoms with van der Waals surface area (Å²) >= 11 is 3.62. The van der Waals surface area contributed by atoms with Gasteiger partial charge < -0.3 is 10.1 Å². The Morgan fingerprint density at radius 3 is 2.52 bits per heavy atom. The predicted octanol–water partition coefficient (Wildman–Crippen LogP) is 3.76. The Hall–Kier alpha value is -1.33. The van der Waals surface area contributed by atoms with Gasteiger partial charge in [0.2, 0.25) is 0 Å². The molecule has 2 rings (SSSR count). The normalized spacial score (nSPS) is 12.4. The van der Waals surface area contributed by atoms with E-state index in [1.54, 1.807) is 0 Å². The van der Waals surface area contributed by atoms with Gasteiger partial charge in [-0.05, 0) is 54.0 Å². The molecule has 1 aromatic heterocycles. The molecule has 21 heavy (non-hydrogen) atoms. The fourth-order valence-electron chi connectivity index (χ4n) is 2.41. The van der Waals surface area contributed by atoms with E-state index in [1.807, 2.05) is 29.9 Å². The molecule has 5 heteroatoms. The number of aryl methyl sites for hydroxylation is 1. The van der Waals surface area contributed by atoms with E-state index in [0.717, 1.165) is 29.0 Å². The Bertz CT molecular complexity index is 565. The van der Waals surface area contributed by atoms with E-state index >= 15 is 0 Å². The largest absolute Gasteiger partial charge is 0.494 e. The molecule has 0 aliphatic carbocycles. The van der Waals surface area contributed by atoms with Crippen LogP contribution >= 0.6 is 15.9 Å². The third-order valence-corrected chi connectivity index (χ3v) is 3.95. The zero-order valence-corrected chi connectivity index (χ0v) is 14.4. The molecule has 2 aromatic rings. The molecule has 0 aliphatic rings. The van der Waals surface area contributed by atoms with Gasteiger partial charge >= 0.3 is 0 Å². The molecule has 1 unspecified atom stereocenters. The molecule has 1 aromatic carbocycles. The molecule has 1 heterocycles. The lowest BCUT2D eigenvalue weighted by Gasteiger charge is -2.20. The number of nitrogens with zero attached hydrogens (tertiary/aromatic N) is 2. The molecular formula is C16H22BrN3O. The zero-order valence-electron chi connectivity index (χ0n) is 12.8. The second-order valence-corrected chi connectivity index (χ2v) is 5.54. The number of halogens is 1. The van der Waals surface area contributed by atoms with Crippen LogP contribution in [0, 0.1) is 0 Å². The summed E-state index contributed by atoms with van der Waals surface area (Å²) in [5.41, 5.74) is 2.36. The number of benzene rings is 1. The van der Waals surface area contributed by atoms with Crippen LogP contribution in [0.4, 0.5) is 0 Å². The third-order valence-electron chi connectivity index (χ3n) is 3.34. The van der Waals surface area contributed by atoms with Crippen molar-refractivity contribution in [3.8, 4) is 5.75 Å². The third kappa shape index (κ3) is 3.66. The van der Waals surface area contributed by atoms with Gasteiger partial charge in [0.15, 0.2) is 0 Å². The Morgan fingerprint density at radius 1 is 1.24 bits per heavy atom. The number of hydrogen-bond acceptors (Lipinski definition) is 3. The molecule has 0 fully saturated rings.